The Hall–Kier alpha value is -2.82. The molecule has 2 aliphatic heterocycles. The number of halogens is 1. The molecule has 2 heterocycles. The highest BCUT2D eigenvalue weighted by Gasteiger charge is 2.46. The average Bonchev–Trinajstić information content (AvgIpc) is 3.85. The topological polar surface area (TPSA) is 105 Å². The summed E-state index contributed by atoms with van der Waals surface area (Å²) in [4.78, 5) is 30.8. The van der Waals surface area contributed by atoms with Crippen LogP contribution in [0.2, 0.25) is 5.02 Å². The summed E-state index contributed by atoms with van der Waals surface area (Å²) in [5.74, 6) is 0.393. The van der Waals surface area contributed by atoms with Crippen molar-refractivity contribution in [2.24, 2.45) is 11.8 Å². The zero-order valence-corrected chi connectivity index (χ0v) is 27.5. The van der Waals surface area contributed by atoms with Gasteiger partial charge in [0, 0.05) is 43.1 Å². The van der Waals surface area contributed by atoms with Crippen molar-refractivity contribution in [3.63, 3.8) is 0 Å². The van der Waals surface area contributed by atoms with Gasteiger partial charge in [-0.05, 0) is 112 Å². The lowest BCUT2D eigenvalue weighted by Crippen LogP contribution is -2.51. The van der Waals surface area contributed by atoms with Crippen LogP contribution in [0, 0.1) is 11.8 Å². The van der Waals surface area contributed by atoms with Crippen molar-refractivity contribution in [2.45, 2.75) is 93.2 Å². The van der Waals surface area contributed by atoms with Crippen LogP contribution in [0.15, 0.2) is 41.3 Å². The van der Waals surface area contributed by atoms with Gasteiger partial charge in [0.1, 0.15) is 11.8 Å². The van der Waals surface area contributed by atoms with Gasteiger partial charge in [-0.3, -0.25) is 9.59 Å². The lowest BCUT2D eigenvalue weighted by Gasteiger charge is -2.46. The quantitative estimate of drug-likeness (QED) is 0.494. The molecule has 0 aromatic heterocycles. The average molecular weight is 656 g/mol. The molecule has 7 rings (SSSR count). The number of anilines is 1. The molecule has 0 radical (unpaired) electrons. The van der Waals surface area contributed by atoms with E-state index < -0.39 is 22.0 Å². The third kappa shape index (κ3) is 5.71. The van der Waals surface area contributed by atoms with Crippen LogP contribution in [0.3, 0.4) is 0 Å². The summed E-state index contributed by atoms with van der Waals surface area (Å²) >= 11 is 6.41. The van der Waals surface area contributed by atoms with Gasteiger partial charge in [0.2, 0.25) is 5.91 Å². The van der Waals surface area contributed by atoms with Gasteiger partial charge < -0.3 is 19.3 Å². The number of methoxy groups -OCH3 is 1. The van der Waals surface area contributed by atoms with Crippen molar-refractivity contribution >= 4 is 39.1 Å². The highest BCUT2D eigenvalue weighted by molar-refractivity contribution is 7.90. The molecule has 242 valence electrons. The Balaban J connectivity index is 1.30. The van der Waals surface area contributed by atoms with Crippen LogP contribution >= 0.6 is 11.6 Å². The van der Waals surface area contributed by atoms with Gasteiger partial charge in [-0.1, -0.05) is 17.7 Å². The molecular weight excluding hydrogens is 614 g/mol. The lowest BCUT2D eigenvalue weighted by molar-refractivity contribution is -0.140. The van der Waals surface area contributed by atoms with E-state index in [2.05, 4.69) is 21.8 Å². The summed E-state index contributed by atoms with van der Waals surface area (Å²) in [6, 6.07) is 10.1. The van der Waals surface area contributed by atoms with Crippen LogP contribution in [0.1, 0.15) is 69.4 Å². The summed E-state index contributed by atoms with van der Waals surface area (Å²) in [6.07, 6.45) is 7.33. The number of hydrogen-bond donors (Lipinski definition) is 1. The maximum Gasteiger partial charge on any atom is 0.264 e. The van der Waals surface area contributed by atoms with E-state index in [1.807, 2.05) is 6.07 Å². The number of ether oxygens (including phenoxy) is 2. The number of nitrogens with one attached hydrogen (secondary N) is 1. The molecule has 5 atom stereocenters. The lowest BCUT2D eigenvalue weighted by atomic mass is 9.68. The fourth-order valence-corrected chi connectivity index (χ4v) is 9.51. The van der Waals surface area contributed by atoms with Gasteiger partial charge in [-0.2, -0.15) is 0 Å². The van der Waals surface area contributed by atoms with Crippen LogP contribution in [0.4, 0.5) is 5.69 Å². The van der Waals surface area contributed by atoms with E-state index in [-0.39, 0.29) is 40.7 Å². The first kappa shape index (κ1) is 30.8. The first-order valence-electron chi connectivity index (χ1n) is 16.3. The fourth-order valence-electron chi connectivity index (χ4n) is 8.25. The summed E-state index contributed by atoms with van der Waals surface area (Å²) in [5, 5.41) is 0.724. The number of hydrogen-bond acceptors (Lipinski definition) is 7. The molecule has 0 saturated heterocycles. The minimum absolute atomic E-state index is 0.00139. The summed E-state index contributed by atoms with van der Waals surface area (Å²) in [6.45, 7) is 3.46. The molecule has 2 bridgehead atoms. The molecule has 2 saturated carbocycles. The maximum absolute atomic E-state index is 13.7. The molecule has 2 fully saturated rings. The van der Waals surface area contributed by atoms with Crippen LogP contribution < -0.4 is 14.4 Å². The molecule has 2 amide bonds. The van der Waals surface area contributed by atoms with E-state index in [1.165, 1.54) is 17.2 Å². The van der Waals surface area contributed by atoms with Crippen molar-refractivity contribution in [2.75, 3.05) is 31.7 Å². The Morgan fingerprint density at radius 2 is 1.87 bits per heavy atom. The molecule has 45 heavy (non-hydrogen) atoms. The molecule has 2 aromatic rings. The van der Waals surface area contributed by atoms with Crippen LogP contribution in [0.25, 0.3) is 0 Å². The Kier molecular flexibility index (Phi) is 8.05. The number of nitrogens with zero attached hydrogens (tertiary/aromatic N) is 2. The zero-order chi connectivity index (χ0) is 31.5. The number of fused-ring (bicyclic) bond motifs is 4. The van der Waals surface area contributed by atoms with Crippen LogP contribution in [-0.2, 0) is 36.2 Å². The summed E-state index contributed by atoms with van der Waals surface area (Å²) in [7, 11) is -2.49. The molecule has 2 aromatic carbocycles. The van der Waals surface area contributed by atoms with Crippen molar-refractivity contribution in [1.29, 1.82) is 0 Å². The first-order valence-corrected chi connectivity index (χ1v) is 18.2. The minimum atomic E-state index is -4.22. The largest absolute Gasteiger partial charge is 0.490 e. The Bertz CT molecular complexity index is 1610. The zero-order valence-electron chi connectivity index (χ0n) is 26.0. The van der Waals surface area contributed by atoms with Crippen molar-refractivity contribution in [3.05, 3.63) is 52.5 Å². The number of sulfonamides is 1. The summed E-state index contributed by atoms with van der Waals surface area (Å²) < 4.78 is 42.2. The van der Waals surface area contributed by atoms with E-state index in [1.54, 1.807) is 31.1 Å². The predicted octanol–water partition coefficient (Wildman–Crippen LogP) is 4.83. The van der Waals surface area contributed by atoms with E-state index in [0.29, 0.717) is 37.8 Å². The molecule has 3 aliphatic carbocycles. The summed E-state index contributed by atoms with van der Waals surface area (Å²) in [5.41, 5.74) is 2.91. The SMILES string of the molecule is CO[C@H]1CCC(=O)N(C2CC2)C(C)C(=O)NS(=O)(=O)c2ccc3c(c2)N(C[C@@H]2CC[C@H]21)C[C@@]1(CCCc2cc(Cl)ccc21)CO3. The molecule has 11 heteroatoms. The molecule has 1 unspecified atom stereocenters. The maximum atomic E-state index is 13.7. The minimum Gasteiger partial charge on any atom is -0.490 e. The van der Waals surface area contributed by atoms with Gasteiger partial charge in [-0.25, -0.2) is 13.1 Å². The standard InChI is InChI=1S/C34H42ClN3O6S/c1-21-33(40)36-45(41,42)26-9-12-31-29(17-26)37(19-34(20-44-31)15-3-4-22-16-24(35)6-11-28(22)34)18-23-5-10-27(23)30(43-2)13-14-32(39)38(21)25-7-8-25/h6,9,11-12,16-17,21,23,25,27,30H,3-5,7-8,10,13-15,18-20H2,1-2H3,(H,36,40)/t21?,23-,27+,30-,34-/m0/s1. The second kappa shape index (κ2) is 11.8. The third-order valence-electron chi connectivity index (χ3n) is 10.9. The first-order chi connectivity index (χ1) is 21.6. The molecule has 5 aliphatic rings. The van der Waals surface area contributed by atoms with Gasteiger partial charge in [0.25, 0.3) is 15.9 Å². The number of carbonyl (C=O) groups is 2. The van der Waals surface area contributed by atoms with E-state index >= 15 is 0 Å². The predicted molar refractivity (Wildman–Crippen MR) is 171 cm³/mol. The highest BCUT2D eigenvalue weighted by atomic mass is 35.5. The number of carbonyl (C=O) groups excluding carboxylic acids is 2. The molecule has 1 N–H and O–H groups in total. The Morgan fingerprint density at radius 3 is 2.60 bits per heavy atom. The smallest absolute Gasteiger partial charge is 0.264 e. The van der Waals surface area contributed by atoms with Gasteiger partial charge >= 0.3 is 0 Å². The van der Waals surface area contributed by atoms with E-state index in [4.69, 9.17) is 21.1 Å². The van der Waals surface area contributed by atoms with E-state index in [9.17, 15) is 18.0 Å². The number of aryl methyl sites for hydroxylation is 1. The highest BCUT2D eigenvalue weighted by Crippen LogP contribution is 2.47. The van der Waals surface area contributed by atoms with E-state index in [0.717, 1.165) is 55.7 Å². The second-order valence-electron chi connectivity index (χ2n) is 13.7. The monoisotopic (exact) mass is 655 g/mol. The number of benzene rings is 2. The van der Waals surface area contributed by atoms with Gasteiger partial charge in [0.15, 0.2) is 0 Å². The Labute approximate surface area is 270 Å². The van der Waals surface area contributed by atoms with Crippen LogP contribution in [-0.4, -0.2) is 70.1 Å². The van der Waals surface area contributed by atoms with Crippen LogP contribution in [0.5, 0.6) is 5.75 Å². The molecule has 1 spiro atoms. The normalized spacial score (nSPS) is 31.6. The second-order valence-corrected chi connectivity index (χ2v) is 15.8. The van der Waals surface area contributed by atoms with Gasteiger partial charge in [0.05, 0.1) is 23.3 Å². The number of rotatable bonds is 2. The van der Waals surface area contributed by atoms with Crippen molar-refractivity contribution < 1.29 is 27.5 Å². The van der Waals surface area contributed by atoms with Gasteiger partial charge in [-0.15, -0.1) is 0 Å². The third-order valence-corrected chi connectivity index (χ3v) is 12.5. The number of amides is 2. The van der Waals surface area contributed by atoms with Crippen molar-refractivity contribution in [3.8, 4) is 5.75 Å². The fraction of sp³-hybridized carbons (Fsp3) is 0.588. The molecular formula is C34H42ClN3O6S. The molecule has 9 nitrogen and oxygen atoms in total. The van der Waals surface area contributed by atoms with Crippen molar-refractivity contribution in [1.82, 2.24) is 9.62 Å². The Morgan fingerprint density at radius 1 is 1.04 bits per heavy atom.